The fourth-order valence-corrected chi connectivity index (χ4v) is 6.78. The predicted molar refractivity (Wildman–Crippen MR) is 192 cm³/mol. The third kappa shape index (κ3) is 5.05. The highest BCUT2D eigenvalue weighted by Crippen LogP contribution is 2.45. The van der Waals surface area contributed by atoms with Crippen molar-refractivity contribution in [1.29, 1.82) is 10.5 Å². The van der Waals surface area contributed by atoms with Crippen molar-refractivity contribution in [2.24, 2.45) is 0 Å². The van der Waals surface area contributed by atoms with Crippen LogP contribution in [-0.2, 0) is 5.41 Å². The van der Waals surface area contributed by atoms with Crippen molar-refractivity contribution in [3.63, 3.8) is 0 Å². The van der Waals surface area contributed by atoms with E-state index in [2.05, 4.69) is 129 Å². The second-order valence-corrected chi connectivity index (χ2v) is 12.9. The Labute approximate surface area is 270 Å². The zero-order chi connectivity index (χ0) is 32.0. The van der Waals surface area contributed by atoms with E-state index in [4.69, 9.17) is 0 Å². The summed E-state index contributed by atoms with van der Waals surface area (Å²) in [5.41, 5.74) is 8.79. The highest BCUT2D eigenvalue weighted by atomic mass is 15.1. The summed E-state index contributed by atoms with van der Waals surface area (Å²) in [6.07, 6.45) is 0. The van der Waals surface area contributed by atoms with E-state index in [0.717, 1.165) is 33.7 Å². The molecule has 0 saturated heterocycles. The first-order valence-electron chi connectivity index (χ1n) is 15.6. The summed E-state index contributed by atoms with van der Waals surface area (Å²) in [5, 5.41) is 30.1. The van der Waals surface area contributed by atoms with Crippen LogP contribution in [-0.4, -0.2) is 6.54 Å². The molecule has 7 aromatic carbocycles. The third-order valence-electron chi connectivity index (χ3n) is 9.07. The molecule has 7 aromatic rings. The minimum atomic E-state index is -0.186. The van der Waals surface area contributed by atoms with Crippen molar-refractivity contribution in [3.05, 3.63) is 143 Å². The SMILES string of the molecule is Cc1cc(C)cc(N(c2cccc(C#N)c2)c2ccc3ccc4c(NCC(C)(C)c5cccc(C#N)c5)ccc5ccc2c3c54)c1. The average Bonchev–Trinajstić information content (AvgIpc) is 3.07. The number of aryl methyl sites for hydroxylation is 2. The van der Waals surface area contributed by atoms with Crippen LogP contribution in [0.1, 0.15) is 41.7 Å². The number of hydrogen-bond donors (Lipinski definition) is 1. The number of hydrogen-bond acceptors (Lipinski definition) is 4. The molecule has 0 aromatic heterocycles. The minimum absolute atomic E-state index is 0.186. The Hall–Kier alpha value is -5.84. The Morgan fingerprint density at radius 3 is 1.96 bits per heavy atom. The lowest BCUT2D eigenvalue weighted by Gasteiger charge is -2.29. The molecule has 7 rings (SSSR count). The largest absolute Gasteiger partial charge is 0.384 e. The fourth-order valence-electron chi connectivity index (χ4n) is 6.78. The van der Waals surface area contributed by atoms with Gasteiger partial charge >= 0.3 is 0 Å². The summed E-state index contributed by atoms with van der Waals surface area (Å²) >= 11 is 0. The summed E-state index contributed by atoms with van der Waals surface area (Å²) in [7, 11) is 0. The first-order chi connectivity index (χ1) is 22.3. The Morgan fingerprint density at radius 1 is 0.630 bits per heavy atom. The molecular formula is C42H34N4. The van der Waals surface area contributed by atoms with Crippen molar-refractivity contribution >= 4 is 55.1 Å². The molecule has 0 fully saturated rings. The van der Waals surface area contributed by atoms with Gasteiger partial charge in [-0.1, -0.05) is 74.5 Å². The number of anilines is 4. The van der Waals surface area contributed by atoms with Gasteiger partial charge in [-0.05, 0) is 107 Å². The molecular weight excluding hydrogens is 560 g/mol. The van der Waals surface area contributed by atoms with Crippen LogP contribution in [0.25, 0.3) is 32.3 Å². The number of nitrogens with zero attached hydrogens (tertiary/aromatic N) is 3. The van der Waals surface area contributed by atoms with E-state index in [1.807, 2.05) is 36.4 Å². The molecule has 0 amide bonds. The van der Waals surface area contributed by atoms with Gasteiger partial charge in [-0.15, -0.1) is 0 Å². The van der Waals surface area contributed by atoms with E-state index < -0.39 is 0 Å². The number of nitriles is 2. The Kier molecular flexibility index (Phi) is 7.08. The number of nitrogens with one attached hydrogen (secondary N) is 1. The molecule has 0 aliphatic carbocycles. The Balaban J connectivity index is 1.39. The molecule has 0 unspecified atom stereocenters. The van der Waals surface area contributed by atoms with Crippen molar-refractivity contribution in [3.8, 4) is 12.1 Å². The summed E-state index contributed by atoms with van der Waals surface area (Å²) in [6, 6.07) is 44.7. The lowest BCUT2D eigenvalue weighted by Crippen LogP contribution is -2.27. The standard InChI is InChI=1S/C42H34N4/c1-27-19-28(2)21-35(20-27)46(34-10-6-8-30(23-34)25-44)39-18-14-32-11-15-36-38(17-13-31-12-16-37(39)41(32)40(31)36)45-26-42(3,4)33-9-5-7-29(22-33)24-43/h5-23,45H,26H2,1-4H3. The molecule has 0 radical (unpaired) electrons. The number of benzene rings is 7. The van der Waals surface area contributed by atoms with Crippen LogP contribution in [0.5, 0.6) is 0 Å². The minimum Gasteiger partial charge on any atom is -0.384 e. The average molecular weight is 595 g/mol. The van der Waals surface area contributed by atoms with Crippen LogP contribution in [0.3, 0.4) is 0 Å². The highest BCUT2D eigenvalue weighted by molar-refractivity contribution is 6.27. The monoisotopic (exact) mass is 594 g/mol. The van der Waals surface area contributed by atoms with Gasteiger partial charge in [0.1, 0.15) is 0 Å². The van der Waals surface area contributed by atoms with Gasteiger partial charge in [0.15, 0.2) is 0 Å². The molecule has 0 bridgehead atoms. The topological polar surface area (TPSA) is 62.9 Å². The second kappa shape index (κ2) is 11.3. The zero-order valence-corrected chi connectivity index (χ0v) is 26.5. The molecule has 0 aliphatic rings. The van der Waals surface area contributed by atoms with Gasteiger partial charge in [-0.2, -0.15) is 10.5 Å². The molecule has 4 heteroatoms. The Bertz CT molecular complexity index is 2330. The third-order valence-corrected chi connectivity index (χ3v) is 9.07. The fraction of sp³-hybridized carbons (Fsp3) is 0.143. The van der Waals surface area contributed by atoms with Crippen LogP contribution in [0.15, 0.2) is 115 Å². The molecule has 0 saturated carbocycles. The van der Waals surface area contributed by atoms with E-state index in [1.54, 1.807) is 0 Å². The summed E-state index contributed by atoms with van der Waals surface area (Å²) in [6.45, 7) is 9.39. The lowest BCUT2D eigenvalue weighted by atomic mass is 9.83. The summed E-state index contributed by atoms with van der Waals surface area (Å²) < 4.78 is 0. The molecule has 0 heterocycles. The van der Waals surface area contributed by atoms with Crippen molar-refractivity contribution in [2.75, 3.05) is 16.8 Å². The lowest BCUT2D eigenvalue weighted by molar-refractivity contribution is 0.557. The van der Waals surface area contributed by atoms with E-state index in [9.17, 15) is 10.5 Å². The van der Waals surface area contributed by atoms with Gasteiger partial charge in [-0.25, -0.2) is 0 Å². The van der Waals surface area contributed by atoms with Gasteiger partial charge in [0.05, 0.1) is 29.0 Å². The smallest absolute Gasteiger partial charge is 0.0992 e. The van der Waals surface area contributed by atoms with Crippen LogP contribution in [0, 0.1) is 36.5 Å². The maximum atomic E-state index is 9.75. The van der Waals surface area contributed by atoms with Gasteiger partial charge in [0.2, 0.25) is 0 Å². The van der Waals surface area contributed by atoms with Gasteiger partial charge in [-0.3, -0.25) is 0 Å². The highest BCUT2D eigenvalue weighted by Gasteiger charge is 2.23. The zero-order valence-electron chi connectivity index (χ0n) is 26.5. The second-order valence-electron chi connectivity index (χ2n) is 12.9. The van der Waals surface area contributed by atoms with E-state index in [-0.39, 0.29) is 5.41 Å². The van der Waals surface area contributed by atoms with Crippen molar-refractivity contribution in [2.45, 2.75) is 33.1 Å². The van der Waals surface area contributed by atoms with Crippen LogP contribution in [0.2, 0.25) is 0 Å². The molecule has 1 N–H and O–H groups in total. The van der Waals surface area contributed by atoms with Gasteiger partial charge in [0.25, 0.3) is 0 Å². The normalized spacial score (nSPS) is 11.5. The molecule has 46 heavy (non-hydrogen) atoms. The number of rotatable bonds is 7. The maximum absolute atomic E-state index is 9.75. The molecule has 0 spiro atoms. The van der Waals surface area contributed by atoms with Gasteiger partial charge < -0.3 is 10.2 Å². The quantitative estimate of drug-likeness (QED) is 0.186. The van der Waals surface area contributed by atoms with E-state index in [1.165, 1.54) is 38.1 Å². The van der Waals surface area contributed by atoms with Crippen molar-refractivity contribution < 1.29 is 0 Å². The summed E-state index contributed by atoms with van der Waals surface area (Å²) in [4.78, 5) is 2.28. The molecule has 0 atom stereocenters. The molecule has 222 valence electrons. The predicted octanol–water partition coefficient (Wildman–Crippen LogP) is 10.8. The maximum Gasteiger partial charge on any atom is 0.0992 e. The molecule has 4 nitrogen and oxygen atoms in total. The van der Waals surface area contributed by atoms with Crippen molar-refractivity contribution in [1.82, 2.24) is 0 Å². The van der Waals surface area contributed by atoms with E-state index in [0.29, 0.717) is 17.7 Å². The first kappa shape index (κ1) is 28.9. The van der Waals surface area contributed by atoms with Crippen LogP contribution >= 0.6 is 0 Å². The van der Waals surface area contributed by atoms with Gasteiger partial charge in [0, 0.05) is 39.8 Å². The van der Waals surface area contributed by atoms with E-state index >= 15 is 0 Å². The first-order valence-corrected chi connectivity index (χ1v) is 15.6. The van der Waals surface area contributed by atoms with Crippen LogP contribution < -0.4 is 10.2 Å². The Morgan fingerprint density at radius 2 is 1.24 bits per heavy atom. The summed E-state index contributed by atoms with van der Waals surface area (Å²) in [5.74, 6) is 0. The molecule has 0 aliphatic heterocycles. The van der Waals surface area contributed by atoms with Crippen LogP contribution in [0.4, 0.5) is 22.7 Å².